The summed E-state index contributed by atoms with van der Waals surface area (Å²) >= 11 is 0. The first-order valence-corrected chi connectivity index (χ1v) is 5.33. The van der Waals surface area contributed by atoms with Gasteiger partial charge in [0.25, 0.3) is 0 Å². The fourth-order valence-corrected chi connectivity index (χ4v) is 1.69. The molecule has 1 aromatic carbocycles. The Balaban J connectivity index is 1.88. The summed E-state index contributed by atoms with van der Waals surface area (Å²) in [6, 6.07) is 6.90. The van der Waals surface area contributed by atoms with E-state index in [2.05, 4.69) is 5.32 Å². The van der Waals surface area contributed by atoms with Gasteiger partial charge < -0.3 is 10.4 Å². The Labute approximate surface area is 89.1 Å². The number of hydrogen-bond acceptors (Lipinski definition) is 2. The number of hydrogen-bond donors (Lipinski definition) is 2. The van der Waals surface area contributed by atoms with Crippen LogP contribution in [0.15, 0.2) is 24.3 Å². The average molecular weight is 205 g/mol. The summed E-state index contributed by atoms with van der Waals surface area (Å²) in [5.74, 6) is -0.0651. The molecule has 3 heteroatoms. The number of benzene rings is 1. The van der Waals surface area contributed by atoms with Crippen LogP contribution in [-0.4, -0.2) is 17.6 Å². The predicted octanol–water partition coefficient (Wildman–Crippen LogP) is 2.60. The number of anilines is 1. The SMILES string of the molecule is O=C(O)c1ccc(NCC2CCC2)cc1. The molecule has 0 heterocycles. The molecule has 0 amide bonds. The molecule has 0 bridgehead atoms. The van der Waals surface area contributed by atoms with Gasteiger partial charge in [0, 0.05) is 12.2 Å². The van der Waals surface area contributed by atoms with Crippen LogP contribution in [0.4, 0.5) is 5.69 Å². The van der Waals surface area contributed by atoms with Crippen molar-refractivity contribution in [2.75, 3.05) is 11.9 Å². The summed E-state index contributed by atoms with van der Waals surface area (Å²) in [4.78, 5) is 10.6. The zero-order valence-corrected chi connectivity index (χ0v) is 8.57. The van der Waals surface area contributed by atoms with Crippen LogP contribution in [0.25, 0.3) is 0 Å². The molecule has 3 nitrogen and oxygen atoms in total. The minimum Gasteiger partial charge on any atom is -0.478 e. The maximum Gasteiger partial charge on any atom is 0.335 e. The monoisotopic (exact) mass is 205 g/mol. The third-order valence-electron chi connectivity index (χ3n) is 2.95. The summed E-state index contributed by atoms with van der Waals surface area (Å²) in [6.07, 6.45) is 3.99. The Kier molecular flexibility index (Phi) is 2.90. The van der Waals surface area contributed by atoms with E-state index in [4.69, 9.17) is 5.11 Å². The quantitative estimate of drug-likeness (QED) is 0.794. The Bertz CT molecular complexity index is 341. The van der Waals surface area contributed by atoms with E-state index in [0.29, 0.717) is 5.56 Å². The molecule has 1 aliphatic carbocycles. The standard InChI is InChI=1S/C12H15NO2/c14-12(15)10-4-6-11(7-5-10)13-8-9-2-1-3-9/h4-7,9,13H,1-3,8H2,(H,14,15). The topological polar surface area (TPSA) is 49.3 Å². The van der Waals surface area contributed by atoms with E-state index < -0.39 is 5.97 Å². The molecule has 80 valence electrons. The maximum absolute atomic E-state index is 10.6. The Morgan fingerprint density at radius 1 is 1.33 bits per heavy atom. The molecule has 1 fully saturated rings. The van der Waals surface area contributed by atoms with Gasteiger partial charge >= 0.3 is 5.97 Å². The van der Waals surface area contributed by atoms with Gasteiger partial charge in [-0.3, -0.25) is 0 Å². The smallest absolute Gasteiger partial charge is 0.335 e. The van der Waals surface area contributed by atoms with Crippen LogP contribution in [0.2, 0.25) is 0 Å². The van der Waals surface area contributed by atoms with Crippen molar-refractivity contribution in [3.63, 3.8) is 0 Å². The molecular weight excluding hydrogens is 190 g/mol. The van der Waals surface area contributed by atoms with E-state index in [1.165, 1.54) is 19.3 Å². The van der Waals surface area contributed by atoms with Crippen molar-refractivity contribution in [3.8, 4) is 0 Å². The molecule has 2 rings (SSSR count). The highest BCUT2D eigenvalue weighted by Crippen LogP contribution is 2.26. The number of carboxylic acid groups (broad SMARTS) is 1. The number of carboxylic acids is 1. The maximum atomic E-state index is 10.6. The zero-order valence-electron chi connectivity index (χ0n) is 8.57. The van der Waals surface area contributed by atoms with E-state index in [1.807, 2.05) is 12.1 Å². The largest absolute Gasteiger partial charge is 0.478 e. The molecular formula is C12H15NO2. The highest BCUT2D eigenvalue weighted by atomic mass is 16.4. The lowest BCUT2D eigenvalue weighted by Crippen LogP contribution is -2.20. The molecule has 0 unspecified atom stereocenters. The molecule has 0 saturated heterocycles. The summed E-state index contributed by atoms with van der Waals surface area (Å²) < 4.78 is 0. The first kappa shape index (κ1) is 10.0. The second-order valence-corrected chi connectivity index (χ2v) is 4.06. The molecule has 15 heavy (non-hydrogen) atoms. The lowest BCUT2D eigenvalue weighted by Gasteiger charge is -2.25. The van der Waals surface area contributed by atoms with Gasteiger partial charge in [0.1, 0.15) is 0 Å². The van der Waals surface area contributed by atoms with Gasteiger partial charge in [-0.15, -0.1) is 0 Å². The lowest BCUT2D eigenvalue weighted by molar-refractivity contribution is 0.0697. The number of rotatable bonds is 4. The van der Waals surface area contributed by atoms with E-state index in [-0.39, 0.29) is 0 Å². The Morgan fingerprint density at radius 2 is 2.00 bits per heavy atom. The van der Waals surface area contributed by atoms with Gasteiger partial charge in [-0.1, -0.05) is 6.42 Å². The molecule has 0 aliphatic heterocycles. The van der Waals surface area contributed by atoms with Crippen LogP contribution in [-0.2, 0) is 0 Å². The van der Waals surface area contributed by atoms with Crippen molar-refractivity contribution < 1.29 is 9.90 Å². The van der Waals surface area contributed by atoms with Crippen LogP contribution in [0.3, 0.4) is 0 Å². The van der Waals surface area contributed by atoms with Crippen molar-refractivity contribution in [3.05, 3.63) is 29.8 Å². The van der Waals surface area contributed by atoms with Crippen molar-refractivity contribution >= 4 is 11.7 Å². The lowest BCUT2D eigenvalue weighted by atomic mass is 9.85. The number of carbonyl (C=O) groups is 1. The van der Waals surface area contributed by atoms with Gasteiger partial charge in [0.2, 0.25) is 0 Å². The van der Waals surface area contributed by atoms with Gasteiger partial charge in [-0.05, 0) is 43.0 Å². The number of aromatic carboxylic acids is 1. The third kappa shape index (κ3) is 2.49. The summed E-state index contributed by atoms with van der Waals surface area (Å²) in [5, 5.41) is 12.0. The van der Waals surface area contributed by atoms with Crippen molar-refractivity contribution in [2.45, 2.75) is 19.3 Å². The summed E-state index contributed by atoms with van der Waals surface area (Å²) in [5.41, 5.74) is 1.34. The molecule has 1 aliphatic rings. The van der Waals surface area contributed by atoms with E-state index in [9.17, 15) is 4.79 Å². The first-order chi connectivity index (χ1) is 7.25. The Hall–Kier alpha value is -1.51. The van der Waals surface area contributed by atoms with Crippen LogP contribution in [0, 0.1) is 5.92 Å². The van der Waals surface area contributed by atoms with Crippen LogP contribution in [0.5, 0.6) is 0 Å². The highest BCUT2D eigenvalue weighted by molar-refractivity contribution is 5.87. The molecule has 2 N–H and O–H groups in total. The van der Waals surface area contributed by atoms with Crippen LogP contribution in [0.1, 0.15) is 29.6 Å². The number of nitrogens with one attached hydrogen (secondary N) is 1. The molecule has 0 atom stereocenters. The highest BCUT2D eigenvalue weighted by Gasteiger charge is 2.16. The molecule has 1 aromatic rings. The van der Waals surface area contributed by atoms with Crippen molar-refractivity contribution in [1.29, 1.82) is 0 Å². The second kappa shape index (κ2) is 4.34. The summed E-state index contributed by atoms with van der Waals surface area (Å²) in [6.45, 7) is 1.01. The van der Waals surface area contributed by atoms with Gasteiger partial charge in [0.05, 0.1) is 5.56 Å². The molecule has 0 radical (unpaired) electrons. The van der Waals surface area contributed by atoms with Gasteiger partial charge in [-0.2, -0.15) is 0 Å². The van der Waals surface area contributed by atoms with Crippen molar-refractivity contribution in [2.24, 2.45) is 5.92 Å². The zero-order chi connectivity index (χ0) is 10.7. The normalized spacial score (nSPS) is 15.7. The van der Waals surface area contributed by atoms with E-state index in [1.54, 1.807) is 12.1 Å². The van der Waals surface area contributed by atoms with Crippen molar-refractivity contribution in [1.82, 2.24) is 0 Å². The fraction of sp³-hybridized carbons (Fsp3) is 0.417. The van der Waals surface area contributed by atoms with E-state index >= 15 is 0 Å². The van der Waals surface area contributed by atoms with E-state index in [0.717, 1.165) is 18.2 Å². The van der Waals surface area contributed by atoms with Gasteiger partial charge in [0.15, 0.2) is 0 Å². The van der Waals surface area contributed by atoms with Gasteiger partial charge in [-0.25, -0.2) is 4.79 Å². The average Bonchev–Trinajstić information content (AvgIpc) is 2.16. The Morgan fingerprint density at radius 3 is 2.47 bits per heavy atom. The first-order valence-electron chi connectivity index (χ1n) is 5.33. The minimum absolute atomic E-state index is 0.337. The van der Waals surface area contributed by atoms with Crippen LogP contribution >= 0.6 is 0 Å². The summed E-state index contributed by atoms with van der Waals surface area (Å²) in [7, 11) is 0. The molecule has 0 aromatic heterocycles. The second-order valence-electron chi connectivity index (χ2n) is 4.06. The fourth-order valence-electron chi connectivity index (χ4n) is 1.69. The van der Waals surface area contributed by atoms with Crippen LogP contribution < -0.4 is 5.32 Å². The minimum atomic E-state index is -0.874. The molecule has 0 spiro atoms. The molecule has 1 saturated carbocycles. The third-order valence-corrected chi connectivity index (χ3v) is 2.95. The predicted molar refractivity (Wildman–Crippen MR) is 59.2 cm³/mol.